The molecular weight excluding hydrogens is 317 g/mol. The second-order valence-corrected chi connectivity index (χ2v) is 6.79. The summed E-state index contributed by atoms with van der Waals surface area (Å²) in [6, 6.07) is 6.13. The number of ether oxygens (including phenoxy) is 1. The second kappa shape index (κ2) is 6.91. The van der Waals surface area contributed by atoms with Crippen LogP contribution in [-0.2, 0) is 9.53 Å². The first-order valence-corrected chi connectivity index (χ1v) is 7.94. The van der Waals surface area contributed by atoms with Crippen LogP contribution in [0.1, 0.15) is 32.6 Å². The highest BCUT2D eigenvalue weighted by Gasteiger charge is 2.21. The first kappa shape index (κ1) is 17.1. The zero-order valence-corrected chi connectivity index (χ0v) is 14.2. The van der Waals surface area contributed by atoms with Crippen LogP contribution in [0.2, 0.25) is 0 Å². The van der Waals surface area contributed by atoms with Crippen LogP contribution in [-0.4, -0.2) is 18.0 Å². The van der Waals surface area contributed by atoms with Crippen LogP contribution in [0.4, 0.5) is 10.1 Å². The van der Waals surface area contributed by atoms with Crippen LogP contribution in [0.15, 0.2) is 24.3 Å². The van der Waals surface area contributed by atoms with Gasteiger partial charge in [0.2, 0.25) is 0 Å². The number of thiophene rings is 1. The molecule has 0 spiro atoms. The van der Waals surface area contributed by atoms with Gasteiger partial charge in [-0.2, -0.15) is 0 Å². The third kappa shape index (κ3) is 4.16. The van der Waals surface area contributed by atoms with E-state index >= 15 is 0 Å². The van der Waals surface area contributed by atoms with E-state index in [-0.39, 0.29) is 0 Å². The number of anilines is 1. The van der Waals surface area contributed by atoms with Gasteiger partial charge in [0.25, 0.3) is 5.91 Å². The van der Waals surface area contributed by atoms with E-state index in [2.05, 4.69) is 5.32 Å². The predicted octanol–water partition coefficient (Wildman–Crippen LogP) is 4.00. The van der Waals surface area contributed by atoms with Crippen molar-refractivity contribution in [3.8, 4) is 0 Å². The Balaban J connectivity index is 2.00. The molecule has 1 N–H and O–H groups in total. The molecule has 6 heteroatoms. The van der Waals surface area contributed by atoms with Gasteiger partial charge in [-0.05, 0) is 51.5 Å². The van der Waals surface area contributed by atoms with Crippen molar-refractivity contribution < 1.29 is 18.7 Å². The summed E-state index contributed by atoms with van der Waals surface area (Å²) in [6.07, 6.45) is -0.980. The maximum atomic E-state index is 13.5. The van der Waals surface area contributed by atoms with Gasteiger partial charge in [-0.25, -0.2) is 9.18 Å². The van der Waals surface area contributed by atoms with Gasteiger partial charge >= 0.3 is 5.97 Å². The third-order valence-electron chi connectivity index (χ3n) is 3.35. The molecule has 2 rings (SSSR count). The lowest BCUT2D eigenvalue weighted by atomic mass is 10.2. The first-order chi connectivity index (χ1) is 10.8. The van der Waals surface area contributed by atoms with Crippen molar-refractivity contribution in [2.45, 2.75) is 33.8 Å². The molecule has 0 bridgehead atoms. The number of esters is 1. The van der Waals surface area contributed by atoms with Gasteiger partial charge in [0.05, 0.1) is 5.56 Å². The number of rotatable bonds is 4. The Morgan fingerprint density at radius 3 is 2.48 bits per heavy atom. The largest absolute Gasteiger partial charge is 0.449 e. The van der Waals surface area contributed by atoms with Crippen molar-refractivity contribution in [3.63, 3.8) is 0 Å². The molecule has 1 amide bonds. The maximum Gasteiger partial charge on any atom is 0.340 e. The van der Waals surface area contributed by atoms with Crippen LogP contribution in [0.25, 0.3) is 0 Å². The Hall–Kier alpha value is -2.21. The van der Waals surface area contributed by atoms with Gasteiger partial charge in [-0.3, -0.25) is 4.79 Å². The highest BCUT2D eigenvalue weighted by molar-refractivity contribution is 7.12. The molecule has 0 saturated heterocycles. The average Bonchev–Trinajstić information content (AvgIpc) is 2.81. The Morgan fingerprint density at radius 2 is 1.91 bits per heavy atom. The summed E-state index contributed by atoms with van der Waals surface area (Å²) in [5.41, 5.74) is 1.28. The normalized spacial score (nSPS) is 11.9. The Morgan fingerprint density at radius 1 is 1.22 bits per heavy atom. The molecule has 0 aliphatic heterocycles. The molecule has 1 aromatic carbocycles. The molecule has 0 fully saturated rings. The van der Waals surface area contributed by atoms with Crippen molar-refractivity contribution in [3.05, 3.63) is 51.0 Å². The monoisotopic (exact) mass is 335 g/mol. The molecule has 1 heterocycles. The molecule has 0 radical (unpaired) electrons. The van der Waals surface area contributed by atoms with Gasteiger partial charge in [0.1, 0.15) is 5.82 Å². The van der Waals surface area contributed by atoms with E-state index in [4.69, 9.17) is 4.74 Å². The fourth-order valence-electron chi connectivity index (χ4n) is 2.03. The first-order valence-electron chi connectivity index (χ1n) is 7.13. The van der Waals surface area contributed by atoms with Crippen molar-refractivity contribution >= 4 is 28.9 Å². The number of nitrogens with one attached hydrogen (secondary N) is 1. The number of halogens is 1. The smallest absolute Gasteiger partial charge is 0.340 e. The lowest BCUT2D eigenvalue weighted by Crippen LogP contribution is -2.30. The highest BCUT2D eigenvalue weighted by Crippen LogP contribution is 2.22. The van der Waals surface area contributed by atoms with Crippen molar-refractivity contribution in [2.24, 2.45) is 0 Å². The maximum absolute atomic E-state index is 13.5. The van der Waals surface area contributed by atoms with E-state index in [0.29, 0.717) is 16.8 Å². The summed E-state index contributed by atoms with van der Waals surface area (Å²) in [5, 5.41) is 2.53. The quantitative estimate of drug-likeness (QED) is 0.859. The Kier molecular flexibility index (Phi) is 5.15. The summed E-state index contributed by atoms with van der Waals surface area (Å²) >= 11 is 1.50. The minimum absolute atomic E-state index is 0.323. The zero-order valence-electron chi connectivity index (χ0n) is 13.4. The van der Waals surface area contributed by atoms with E-state index in [9.17, 15) is 14.0 Å². The van der Waals surface area contributed by atoms with E-state index < -0.39 is 23.8 Å². The zero-order chi connectivity index (χ0) is 17.1. The third-order valence-corrected chi connectivity index (χ3v) is 4.32. The van der Waals surface area contributed by atoms with E-state index in [1.165, 1.54) is 24.3 Å². The minimum atomic E-state index is -0.980. The number of carbonyl (C=O) groups excluding carboxylic acids is 2. The lowest BCUT2D eigenvalue weighted by Gasteiger charge is -2.13. The average molecular weight is 335 g/mol. The summed E-state index contributed by atoms with van der Waals surface area (Å²) < 4.78 is 18.7. The van der Waals surface area contributed by atoms with Crippen LogP contribution >= 0.6 is 11.3 Å². The number of carbonyl (C=O) groups is 2. The number of amides is 1. The van der Waals surface area contributed by atoms with Crippen LogP contribution < -0.4 is 5.32 Å². The Bertz CT molecular complexity index is 754. The molecule has 1 atom stereocenters. The summed E-state index contributed by atoms with van der Waals surface area (Å²) in [7, 11) is 0. The Labute approximate surface area is 138 Å². The highest BCUT2D eigenvalue weighted by atomic mass is 32.1. The number of hydrogen-bond donors (Lipinski definition) is 1. The number of hydrogen-bond acceptors (Lipinski definition) is 4. The van der Waals surface area contributed by atoms with E-state index in [0.717, 1.165) is 9.75 Å². The van der Waals surface area contributed by atoms with Crippen LogP contribution in [0.3, 0.4) is 0 Å². The van der Waals surface area contributed by atoms with E-state index in [1.54, 1.807) is 25.1 Å². The fraction of sp³-hybridized carbons (Fsp3) is 0.294. The lowest BCUT2D eigenvalue weighted by molar-refractivity contribution is -0.123. The van der Waals surface area contributed by atoms with Gasteiger partial charge in [0, 0.05) is 15.4 Å². The van der Waals surface area contributed by atoms with Gasteiger partial charge in [0.15, 0.2) is 6.10 Å². The summed E-state index contributed by atoms with van der Waals surface area (Å²) in [6.45, 7) is 6.84. The molecule has 0 aliphatic rings. The molecule has 0 unspecified atom stereocenters. The molecule has 4 nitrogen and oxygen atoms in total. The van der Waals surface area contributed by atoms with E-state index in [1.807, 2.05) is 13.8 Å². The molecular formula is C17H18FNO3S. The van der Waals surface area contributed by atoms with Gasteiger partial charge < -0.3 is 10.1 Å². The molecule has 1 aromatic heterocycles. The molecule has 23 heavy (non-hydrogen) atoms. The molecule has 0 saturated carbocycles. The van der Waals surface area contributed by atoms with Gasteiger partial charge in [-0.1, -0.05) is 6.07 Å². The standard InChI is InChI=1S/C17H18FNO3S/c1-9-5-6-13(8-15(9)18)19-16(20)11(3)22-17(21)14-7-10(2)23-12(14)4/h5-8,11H,1-4H3,(H,19,20)/t11-/m0/s1. The second-order valence-electron chi connectivity index (χ2n) is 5.33. The van der Waals surface area contributed by atoms with Crippen molar-refractivity contribution in [1.82, 2.24) is 0 Å². The molecule has 122 valence electrons. The van der Waals surface area contributed by atoms with Gasteiger partial charge in [-0.15, -0.1) is 11.3 Å². The molecule has 0 aliphatic carbocycles. The van der Waals surface area contributed by atoms with Crippen LogP contribution in [0, 0.1) is 26.6 Å². The van der Waals surface area contributed by atoms with Crippen LogP contribution in [0.5, 0.6) is 0 Å². The number of benzene rings is 1. The summed E-state index contributed by atoms with van der Waals surface area (Å²) in [4.78, 5) is 26.0. The number of aryl methyl sites for hydroxylation is 3. The predicted molar refractivity (Wildman–Crippen MR) is 88.4 cm³/mol. The van der Waals surface area contributed by atoms with Crippen molar-refractivity contribution in [1.29, 1.82) is 0 Å². The summed E-state index contributed by atoms with van der Waals surface area (Å²) in [5.74, 6) is -1.45. The molecule has 2 aromatic rings. The van der Waals surface area contributed by atoms with Crippen molar-refractivity contribution in [2.75, 3.05) is 5.32 Å². The SMILES string of the molecule is Cc1cc(C(=O)O[C@@H](C)C(=O)Nc2ccc(C)c(F)c2)c(C)s1. The topological polar surface area (TPSA) is 55.4 Å². The minimum Gasteiger partial charge on any atom is -0.449 e. The fourth-order valence-corrected chi connectivity index (χ4v) is 2.94.